The average molecular weight is 492 g/mol. The average Bonchev–Trinajstić information content (AvgIpc) is 3.21. The van der Waals surface area contributed by atoms with Crippen LogP contribution in [0.25, 0.3) is 11.2 Å². The van der Waals surface area contributed by atoms with Gasteiger partial charge in [-0.1, -0.05) is 53.0 Å². The number of hydrogen-bond acceptors (Lipinski definition) is 4. The standard InChI is InChI=1S/C30H45N5O/c1-9-12-13-14-15-16-24-26(20(4)5)32-29-28(27(21(6)7)33-35(29)30(24)36)31-25-18-17-23(19-22(25)8)34(10-2)11-3/h17-20,31,33H,6,9-16H2,1-5,7-8H3. The number of aromatic amines is 1. The third-order valence-electron chi connectivity index (χ3n) is 7.01. The first-order valence-electron chi connectivity index (χ1n) is 13.7. The third kappa shape index (κ3) is 5.85. The summed E-state index contributed by atoms with van der Waals surface area (Å²) in [4.78, 5) is 21.1. The molecule has 0 atom stereocenters. The van der Waals surface area contributed by atoms with Gasteiger partial charge in [0.2, 0.25) is 0 Å². The zero-order chi connectivity index (χ0) is 26.4. The molecule has 2 aromatic heterocycles. The van der Waals surface area contributed by atoms with E-state index in [2.05, 4.69) is 81.6 Å². The molecule has 3 aromatic rings. The van der Waals surface area contributed by atoms with Gasteiger partial charge in [-0.05, 0) is 75.8 Å². The van der Waals surface area contributed by atoms with Crippen LogP contribution >= 0.6 is 0 Å². The first-order valence-corrected chi connectivity index (χ1v) is 13.7. The lowest BCUT2D eigenvalue weighted by Crippen LogP contribution is -2.23. The molecule has 0 aliphatic rings. The molecule has 0 spiro atoms. The van der Waals surface area contributed by atoms with Crippen LogP contribution in [0, 0.1) is 6.92 Å². The summed E-state index contributed by atoms with van der Waals surface area (Å²) in [6, 6.07) is 6.47. The molecule has 36 heavy (non-hydrogen) atoms. The number of anilines is 3. The fraction of sp³-hybridized carbons (Fsp3) is 0.533. The molecule has 0 amide bonds. The van der Waals surface area contributed by atoms with E-state index in [0.29, 0.717) is 5.65 Å². The van der Waals surface area contributed by atoms with Gasteiger partial charge >= 0.3 is 0 Å². The molecule has 1 aromatic carbocycles. The van der Waals surface area contributed by atoms with Crippen molar-refractivity contribution in [2.45, 2.75) is 92.9 Å². The molecule has 0 radical (unpaired) electrons. The monoisotopic (exact) mass is 491 g/mol. The Labute approximate surface area is 216 Å². The SMILES string of the molecule is C=C(C)c1[nH]n2c(=O)c(CCCCCCC)c(C(C)C)nc2c1Nc1ccc(N(CC)CC)cc1C. The zero-order valence-electron chi connectivity index (χ0n) is 23.4. The maximum absolute atomic E-state index is 13.7. The van der Waals surface area contributed by atoms with Gasteiger partial charge in [-0.3, -0.25) is 9.89 Å². The largest absolute Gasteiger partial charge is 0.372 e. The molecule has 0 aliphatic carbocycles. The topological polar surface area (TPSA) is 65.4 Å². The number of fused-ring (bicyclic) bond motifs is 1. The summed E-state index contributed by atoms with van der Waals surface area (Å²) in [7, 11) is 0. The summed E-state index contributed by atoms with van der Waals surface area (Å²) in [5.74, 6) is 0.166. The van der Waals surface area contributed by atoms with E-state index >= 15 is 0 Å². The van der Waals surface area contributed by atoms with Crippen molar-refractivity contribution >= 4 is 28.3 Å². The molecule has 2 N–H and O–H groups in total. The Hall–Kier alpha value is -3.02. The number of nitrogens with zero attached hydrogens (tertiary/aromatic N) is 3. The molecule has 3 rings (SSSR count). The second-order valence-electron chi connectivity index (χ2n) is 10.2. The van der Waals surface area contributed by atoms with Gasteiger partial charge in [0.1, 0.15) is 5.69 Å². The van der Waals surface area contributed by atoms with Crippen LogP contribution in [0.3, 0.4) is 0 Å². The number of allylic oxidation sites excluding steroid dienone is 1. The lowest BCUT2D eigenvalue weighted by molar-refractivity contribution is 0.623. The zero-order valence-corrected chi connectivity index (χ0v) is 23.4. The van der Waals surface area contributed by atoms with Gasteiger partial charge in [0, 0.05) is 30.0 Å². The number of nitrogens with one attached hydrogen (secondary N) is 2. The molecular weight excluding hydrogens is 446 g/mol. The number of aryl methyl sites for hydroxylation is 1. The fourth-order valence-electron chi connectivity index (χ4n) is 4.88. The number of hydrogen-bond donors (Lipinski definition) is 2. The Morgan fingerprint density at radius 2 is 1.83 bits per heavy atom. The minimum Gasteiger partial charge on any atom is -0.372 e. The highest BCUT2D eigenvalue weighted by Gasteiger charge is 2.22. The molecular formula is C30H45N5O. The molecule has 0 bridgehead atoms. The number of H-pyrrole nitrogens is 1. The van der Waals surface area contributed by atoms with E-state index < -0.39 is 0 Å². The summed E-state index contributed by atoms with van der Waals surface area (Å²) < 4.78 is 1.61. The van der Waals surface area contributed by atoms with Crippen LogP contribution in [0.1, 0.15) is 102 Å². The van der Waals surface area contributed by atoms with Crippen molar-refractivity contribution in [1.29, 1.82) is 0 Å². The van der Waals surface area contributed by atoms with Crippen molar-refractivity contribution in [3.63, 3.8) is 0 Å². The lowest BCUT2D eigenvalue weighted by atomic mass is 9.99. The Kier molecular flexibility index (Phi) is 9.41. The number of benzene rings is 1. The Balaban J connectivity index is 2.07. The first kappa shape index (κ1) is 27.6. The molecule has 0 saturated carbocycles. The predicted molar refractivity (Wildman–Crippen MR) is 155 cm³/mol. The van der Waals surface area contributed by atoms with Crippen LogP contribution in [0.4, 0.5) is 17.1 Å². The van der Waals surface area contributed by atoms with Gasteiger partial charge in [0.15, 0.2) is 5.65 Å². The highest BCUT2D eigenvalue weighted by Crippen LogP contribution is 2.32. The molecule has 2 heterocycles. The van der Waals surface area contributed by atoms with Crippen molar-refractivity contribution in [2.75, 3.05) is 23.3 Å². The smallest absolute Gasteiger partial charge is 0.276 e. The summed E-state index contributed by atoms with van der Waals surface area (Å²) >= 11 is 0. The molecule has 0 unspecified atom stereocenters. The van der Waals surface area contributed by atoms with Crippen LogP contribution in [0.15, 0.2) is 29.6 Å². The van der Waals surface area contributed by atoms with Crippen molar-refractivity contribution in [2.24, 2.45) is 0 Å². The molecule has 6 nitrogen and oxygen atoms in total. The molecule has 0 saturated heterocycles. The maximum Gasteiger partial charge on any atom is 0.276 e. The lowest BCUT2D eigenvalue weighted by Gasteiger charge is -2.22. The van der Waals surface area contributed by atoms with E-state index in [4.69, 9.17) is 4.98 Å². The van der Waals surface area contributed by atoms with Crippen molar-refractivity contribution in [1.82, 2.24) is 14.6 Å². The van der Waals surface area contributed by atoms with E-state index in [1.807, 2.05) is 6.92 Å². The van der Waals surface area contributed by atoms with Gasteiger partial charge in [0.25, 0.3) is 5.56 Å². The van der Waals surface area contributed by atoms with Crippen LogP contribution in [-0.2, 0) is 6.42 Å². The highest BCUT2D eigenvalue weighted by molar-refractivity contribution is 5.86. The van der Waals surface area contributed by atoms with Crippen LogP contribution in [-0.4, -0.2) is 27.7 Å². The first-order chi connectivity index (χ1) is 17.2. The van der Waals surface area contributed by atoms with E-state index in [-0.39, 0.29) is 11.5 Å². The van der Waals surface area contributed by atoms with Crippen LogP contribution in [0.2, 0.25) is 0 Å². The van der Waals surface area contributed by atoms with E-state index in [9.17, 15) is 4.79 Å². The van der Waals surface area contributed by atoms with E-state index in [1.54, 1.807) is 4.52 Å². The fourth-order valence-corrected chi connectivity index (χ4v) is 4.88. The maximum atomic E-state index is 13.7. The predicted octanol–water partition coefficient (Wildman–Crippen LogP) is 7.59. The second kappa shape index (κ2) is 12.3. The number of aromatic nitrogens is 3. The minimum atomic E-state index is 0.00310. The third-order valence-corrected chi connectivity index (χ3v) is 7.01. The van der Waals surface area contributed by atoms with Crippen LogP contribution < -0.4 is 15.8 Å². The number of rotatable bonds is 13. The molecule has 6 heteroatoms. The summed E-state index contributed by atoms with van der Waals surface area (Å²) in [6.07, 6.45) is 6.60. The Morgan fingerprint density at radius 1 is 1.14 bits per heavy atom. The van der Waals surface area contributed by atoms with Crippen molar-refractivity contribution in [3.05, 3.63) is 57.6 Å². The van der Waals surface area contributed by atoms with Gasteiger partial charge in [-0.25, -0.2) is 4.98 Å². The van der Waals surface area contributed by atoms with Gasteiger partial charge in [-0.2, -0.15) is 4.52 Å². The molecule has 196 valence electrons. The van der Waals surface area contributed by atoms with E-state index in [1.165, 1.54) is 24.9 Å². The Morgan fingerprint density at radius 3 is 2.42 bits per heavy atom. The second-order valence-corrected chi connectivity index (χ2v) is 10.2. The Bertz CT molecular complexity index is 1250. The normalized spacial score (nSPS) is 11.4. The molecule has 0 fully saturated rings. The number of unbranched alkanes of at least 4 members (excludes halogenated alkanes) is 4. The summed E-state index contributed by atoms with van der Waals surface area (Å²) in [5.41, 5.74) is 8.17. The summed E-state index contributed by atoms with van der Waals surface area (Å²) in [5, 5.41) is 6.90. The van der Waals surface area contributed by atoms with Gasteiger partial charge in [0.05, 0.1) is 11.4 Å². The van der Waals surface area contributed by atoms with Crippen molar-refractivity contribution in [3.8, 4) is 0 Å². The van der Waals surface area contributed by atoms with Crippen molar-refractivity contribution < 1.29 is 0 Å². The molecule has 0 aliphatic heterocycles. The quantitative estimate of drug-likeness (QED) is 0.242. The minimum absolute atomic E-state index is 0.00310. The van der Waals surface area contributed by atoms with Crippen LogP contribution in [0.5, 0.6) is 0 Å². The highest BCUT2D eigenvalue weighted by atomic mass is 16.1. The van der Waals surface area contributed by atoms with Gasteiger partial charge in [-0.15, -0.1) is 0 Å². The summed E-state index contributed by atoms with van der Waals surface area (Å²) in [6.45, 7) is 21.0. The van der Waals surface area contributed by atoms with Gasteiger partial charge < -0.3 is 10.2 Å². The van der Waals surface area contributed by atoms with E-state index in [0.717, 1.165) is 71.8 Å².